The first-order chi connectivity index (χ1) is 9.49. The Hall–Kier alpha value is -2.05. The highest BCUT2D eigenvalue weighted by molar-refractivity contribution is 6.32. The Labute approximate surface area is 124 Å². The second kappa shape index (κ2) is 5.94. The van der Waals surface area contributed by atoms with E-state index in [1.165, 1.54) is 19.2 Å². The van der Waals surface area contributed by atoms with E-state index in [0.29, 0.717) is 17.0 Å². The lowest BCUT2D eigenvalue weighted by atomic mass is 10.2. The fourth-order valence-corrected chi connectivity index (χ4v) is 1.90. The van der Waals surface area contributed by atoms with Crippen molar-refractivity contribution in [1.82, 2.24) is 9.97 Å². The van der Waals surface area contributed by atoms with Gasteiger partial charge in [-0.2, -0.15) is 0 Å². The standard InChI is InChI=1S/C12H10Cl2N4O2/c1-20-8-4-6(2-3-7(8)15)11(19)17-10-5-9(13)16-12(14)18-10/h2-5H,15H2,1H3,(H,16,17,18,19). The third kappa shape index (κ3) is 3.28. The number of benzene rings is 1. The van der Waals surface area contributed by atoms with Crippen LogP contribution < -0.4 is 15.8 Å². The molecular weight excluding hydrogens is 303 g/mol. The number of nitrogen functional groups attached to an aromatic ring is 1. The van der Waals surface area contributed by atoms with E-state index in [9.17, 15) is 4.79 Å². The quantitative estimate of drug-likeness (QED) is 0.516. The molecule has 0 bridgehead atoms. The largest absolute Gasteiger partial charge is 0.495 e. The number of rotatable bonds is 3. The van der Waals surface area contributed by atoms with Crippen molar-refractivity contribution < 1.29 is 9.53 Å². The minimum absolute atomic E-state index is 0.0531. The van der Waals surface area contributed by atoms with Crippen LogP contribution in [0, 0.1) is 0 Å². The van der Waals surface area contributed by atoms with Crippen molar-refractivity contribution in [2.75, 3.05) is 18.2 Å². The van der Waals surface area contributed by atoms with E-state index in [4.69, 9.17) is 33.7 Å². The first-order valence-electron chi connectivity index (χ1n) is 5.44. The second-order valence-electron chi connectivity index (χ2n) is 3.76. The molecule has 8 heteroatoms. The minimum Gasteiger partial charge on any atom is -0.495 e. The van der Waals surface area contributed by atoms with Gasteiger partial charge in [0, 0.05) is 11.6 Å². The number of anilines is 2. The molecule has 2 aromatic rings. The SMILES string of the molecule is COc1cc(C(=O)Nc2cc(Cl)nc(Cl)n2)ccc1N. The highest BCUT2D eigenvalue weighted by Crippen LogP contribution is 2.23. The molecule has 0 aliphatic heterocycles. The summed E-state index contributed by atoms with van der Waals surface area (Å²) in [6.07, 6.45) is 0. The summed E-state index contributed by atoms with van der Waals surface area (Å²) in [5, 5.41) is 2.64. The second-order valence-corrected chi connectivity index (χ2v) is 4.48. The van der Waals surface area contributed by atoms with Crippen LogP contribution in [-0.4, -0.2) is 23.0 Å². The number of nitrogens with zero attached hydrogens (tertiary/aromatic N) is 2. The molecule has 1 heterocycles. The number of carbonyl (C=O) groups excluding carboxylic acids is 1. The summed E-state index contributed by atoms with van der Waals surface area (Å²) < 4.78 is 5.05. The van der Waals surface area contributed by atoms with Crippen molar-refractivity contribution in [2.45, 2.75) is 0 Å². The number of amides is 1. The van der Waals surface area contributed by atoms with Gasteiger partial charge in [0.1, 0.15) is 16.7 Å². The van der Waals surface area contributed by atoms with Gasteiger partial charge >= 0.3 is 0 Å². The van der Waals surface area contributed by atoms with Crippen LogP contribution in [0.2, 0.25) is 10.4 Å². The molecule has 0 saturated heterocycles. The molecule has 1 aromatic carbocycles. The van der Waals surface area contributed by atoms with Crippen LogP contribution in [0.25, 0.3) is 0 Å². The Balaban J connectivity index is 2.23. The summed E-state index contributed by atoms with van der Waals surface area (Å²) in [7, 11) is 1.47. The molecule has 0 unspecified atom stereocenters. The predicted molar refractivity (Wildman–Crippen MR) is 77.4 cm³/mol. The summed E-state index contributed by atoms with van der Waals surface area (Å²) in [5.74, 6) is 0.223. The first kappa shape index (κ1) is 14.4. The van der Waals surface area contributed by atoms with Gasteiger partial charge in [0.2, 0.25) is 5.28 Å². The monoisotopic (exact) mass is 312 g/mol. The van der Waals surface area contributed by atoms with Gasteiger partial charge in [0.25, 0.3) is 5.91 Å². The van der Waals surface area contributed by atoms with Gasteiger partial charge in [0.05, 0.1) is 12.8 Å². The van der Waals surface area contributed by atoms with E-state index in [0.717, 1.165) is 0 Å². The predicted octanol–water partition coefficient (Wildman–Crippen LogP) is 2.63. The highest BCUT2D eigenvalue weighted by atomic mass is 35.5. The number of ether oxygens (including phenoxy) is 1. The summed E-state index contributed by atoms with van der Waals surface area (Å²) >= 11 is 11.4. The van der Waals surface area contributed by atoms with E-state index >= 15 is 0 Å². The third-order valence-corrected chi connectivity index (χ3v) is 2.77. The Morgan fingerprint density at radius 2 is 2.05 bits per heavy atom. The Bertz CT molecular complexity index is 644. The average molecular weight is 313 g/mol. The molecule has 0 spiro atoms. The molecule has 0 saturated carbocycles. The van der Waals surface area contributed by atoms with Gasteiger partial charge in [-0.25, -0.2) is 9.97 Å². The van der Waals surface area contributed by atoms with Gasteiger partial charge in [-0.05, 0) is 29.8 Å². The molecule has 0 aliphatic rings. The first-order valence-corrected chi connectivity index (χ1v) is 6.20. The molecular formula is C12H10Cl2N4O2. The Kier molecular flexibility index (Phi) is 4.26. The van der Waals surface area contributed by atoms with E-state index in [-0.39, 0.29) is 16.3 Å². The van der Waals surface area contributed by atoms with Crippen LogP contribution in [0.1, 0.15) is 10.4 Å². The van der Waals surface area contributed by atoms with E-state index in [1.54, 1.807) is 12.1 Å². The van der Waals surface area contributed by atoms with E-state index in [1.807, 2.05) is 0 Å². The van der Waals surface area contributed by atoms with Gasteiger partial charge in [-0.15, -0.1) is 0 Å². The third-order valence-electron chi connectivity index (χ3n) is 2.40. The molecule has 6 nitrogen and oxygen atoms in total. The maximum absolute atomic E-state index is 12.1. The molecule has 0 radical (unpaired) electrons. The Morgan fingerprint density at radius 3 is 2.70 bits per heavy atom. The number of nitrogens with one attached hydrogen (secondary N) is 1. The van der Waals surface area contributed by atoms with Crippen LogP contribution in [0.15, 0.2) is 24.3 Å². The number of nitrogens with two attached hydrogens (primary N) is 1. The van der Waals surface area contributed by atoms with E-state index in [2.05, 4.69) is 15.3 Å². The number of methoxy groups -OCH3 is 1. The molecule has 104 valence electrons. The maximum Gasteiger partial charge on any atom is 0.256 e. The van der Waals surface area contributed by atoms with Crippen molar-refractivity contribution >= 4 is 40.6 Å². The lowest BCUT2D eigenvalue weighted by molar-refractivity contribution is 0.102. The van der Waals surface area contributed by atoms with E-state index < -0.39 is 5.91 Å². The van der Waals surface area contributed by atoms with Gasteiger partial charge in [-0.3, -0.25) is 4.79 Å². The number of carbonyl (C=O) groups is 1. The molecule has 0 fully saturated rings. The van der Waals surface area contributed by atoms with Crippen LogP contribution in [0.3, 0.4) is 0 Å². The minimum atomic E-state index is -0.394. The summed E-state index contributed by atoms with van der Waals surface area (Å²) in [6, 6.07) is 6.06. The maximum atomic E-state index is 12.1. The van der Waals surface area contributed by atoms with Crippen LogP contribution in [-0.2, 0) is 0 Å². The molecule has 20 heavy (non-hydrogen) atoms. The smallest absolute Gasteiger partial charge is 0.256 e. The van der Waals surface area contributed by atoms with Crippen LogP contribution >= 0.6 is 23.2 Å². The molecule has 2 rings (SSSR count). The normalized spacial score (nSPS) is 10.2. The number of hydrogen-bond acceptors (Lipinski definition) is 5. The van der Waals surface area contributed by atoms with Crippen molar-refractivity contribution in [3.05, 3.63) is 40.3 Å². The zero-order valence-corrected chi connectivity index (χ0v) is 11.9. The zero-order valence-electron chi connectivity index (χ0n) is 10.4. The van der Waals surface area contributed by atoms with Crippen molar-refractivity contribution in [3.63, 3.8) is 0 Å². The topological polar surface area (TPSA) is 90.1 Å². The average Bonchev–Trinajstić information content (AvgIpc) is 2.37. The van der Waals surface area contributed by atoms with Gasteiger partial charge in [0.15, 0.2) is 0 Å². The lowest BCUT2D eigenvalue weighted by Crippen LogP contribution is -2.13. The summed E-state index contributed by atoms with van der Waals surface area (Å²) in [4.78, 5) is 19.6. The van der Waals surface area contributed by atoms with Crippen LogP contribution in [0.5, 0.6) is 5.75 Å². The van der Waals surface area contributed by atoms with Gasteiger partial charge < -0.3 is 15.8 Å². The fourth-order valence-electron chi connectivity index (χ4n) is 1.49. The summed E-state index contributed by atoms with van der Waals surface area (Å²) in [6.45, 7) is 0. The lowest BCUT2D eigenvalue weighted by Gasteiger charge is -2.08. The molecule has 1 aromatic heterocycles. The van der Waals surface area contributed by atoms with Crippen LogP contribution in [0.4, 0.5) is 11.5 Å². The highest BCUT2D eigenvalue weighted by Gasteiger charge is 2.11. The number of hydrogen-bond donors (Lipinski definition) is 2. The Morgan fingerprint density at radius 1 is 1.30 bits per heavy atom. The zero-order chi connectivity index (χ0) is 14.7. The van der Waals surface area contributed by atoms with Crippen molar-refractivity contribution in [2.24, 2.45) is 0 Å². The van der Waals surface area contributed by atoms with Crippen molar-refractivity contribution in [3.8, 4) is 5.75 Å². The molecule has 0 aliphatic carbocycles. The molecule has 0 atom stereocenters. The molecule has 1 amide bonds. The fraction of sp³-hybridized carbons (Fsp3) is 0.0833. The van der Waals surface area contributed by atoms with Crippen molar-refractivity contribution in [1.29, 1.82) is 0 Å². The summed E-state index contributed by atoms with van der Waals surface area (Å²) in [5.41, 5.74) is 6.48. The van der Waals surface area contributed by atoms with Gasteiger partial charge in [-0.1, -0.05) is 11.6 Å². The number of aromatic nitrogens is 2. The number of halogens is 2. The molecule has 3 N–H and O–H groups in total.